The van der Waals surface area contributed by atoms with Gasteiger partial charge in [0.1, 0.15) is 5.82 Å². The molecule has 22 heavy (non-hydrogen) atoms. The molecule has 0 spiro atoms. The summed E-state index contributed by atoms with van der Waals surface area (Å²) in [6.45, 7) is 6.50. The molecule has 0 atom stereocenters. The second-order valence-corrected chi connectivity index (χ2v) is 6.87. The van der Waals surface area contributed by atoms with E-state index in [4.69, 9.17) is 0 Å². The monoisotopic (exact) mass is 306 g/mol. The van der Waals surface area contributed by atoms with Gasteiger partial charge < -0.3 is 10.6 Å². The minimum atomic E-state index is -0.407. The number of halogens is 1. The number of carbonyl (C=O) groups is 1. The first-order valence-corrected chi connectivity index (χ1v) is 8.21. The zero-order valence-electron chi connectivity index (χ0n) is 13.6. The van der Waals surface area contributed by atoms with Gasteiger partial charge in [-0.25, -0.2) is 4.39 Å². The van der Waals surface area contributed by atoms with Crippen molar-refractivity contribution in [3.8, 4) is 0 Å². The summed E-state index contributed by atoms with van der Waals surface area (Å²) in [6, 6.07) is 6.78. The number of hydrogen-bond donors (Lipinski definition) is 2. The van der Waals surface area contributed by atoms with Crippen LogP contribution in [0.15, 0.2) is 24.3 Å². The Balaban J connectivity index is 1.78. The Hall–Kier alpha value is -1.42. The van der Waals surface area contributed by atoms with E-state index in [0.29, 0.717) is 24.4 Å². The van der Waals surface area contributed by atoms with Crippen molar-refractivity contribution in [1.82, 2.24) is 10.6 Å². The van der Waals surface area contributed by atoms with Gasteiger partial charge >= 0.3 is 0 Å². The smallest absolute Gasteiger partial charge is 0.220 e. The number of piperidine rings is 1. The highest BCUT2D eigenvalue weighted by Gasteiger charge is 2.24. The fourth-order valence-corrected chi connectivity index (χ4v) is 3.02. The van der Waals surface area contributed by atoms with Crippen LogP contribution in [-0.4, -0.2) is 25.5 Å². The van der Waals surface area contributed by atoms with E-state index in [0.717, 1.165) is 32.4 Å². The third-order valence-electron chi connectivity index (χ3n) is 4.57. The molecule has 1 aromatic rings. The third kappa shape index (κ3) is 4.80. The van der Waals surface area contributed by atoms with Gasteiger partial charge in [0.05, 0.1) is 0 Å². The van der Waals surface area contributed by atoms with Gasteiger partial charge in [-0.15, -0.1) is 0 Å². The molecule has 0 saturated carbocycles. The van der Waals surface area contributed by atoms with Gasteiger partial charge in [-0.3, -0.25) is 4.79 Å². The van der Waals surface area contributed by atoms with E-state index in [-0.39, 0.29) is 11.7 Å². The zero-order valence-corrected chi connectivity index (χ0v) is 13.6. The van der Waals surface area contributed by atoms with Crippen LogP contribution in [0.4, 0.5) is 4.39 Å². The van der Waals surface area contributed by atoms with Gasteiger partial charge in [0.15, 0.2) is 0 Å². The molecule has 0 radical (unpaired) electrons. The molecular weight excluding hydrogens is 279 g/mol. The van der Waals surface area contributed by atoms with Crippen LogP contribution in [0, 0.1) is 11.7 Å². The molecule has 1 saturated heterocycles. The molecule has 0 aromatic heterocycles. The lowest BCUT2D eigenvalue weighted by atomic mass is 9.84. The van der Waals surface area contributed by atoms with E-state index < -0.39 is 5.41 Å². The number of benzene rings is 1. The number of nitrogens with one attached hydrogen (secondary N) is 2. The molecule has 1 aliphatic heterocycles. The maximum atomic E-state index is 13.9. The van der Waals surface area contributed by atoms with Crippen molar-refractivity contribution in [2.75, 3.05) is 19.6 Å². The minimum absolute atomic E-state index is 0.0722. The second kappa shape index (κ2) is 7.73. The molecule has 0 unspecified atom stereocenters. The zero-order chi connectivity index (χ0) is 16.0. The van der Waals surface area contributed by atoms with Crippen molar-refractivity contribution >= 4 is 5.91 Å². The SMILES string of the molecule is CC(C)(CNC(=O)CCC1CCNCC1)c1ccccc1F. The largest absolute Gasteiger partial charge is 0.355 e. The molecular formula is C18H27FN2O. The Labute approximate surface area is 132 Å². The van der Waals surface area contributed by atoms with Crippen molar-refractivity contribution in [3.63, 3.8) is 0 Å². The first kappa shape index (κ1) is 16.9. The molecule has 1 fully saturated rings. The molecule has 1 aliphatic rings. The second-order valence-electron chi connectivity index (χ2n) is 6.87. The Morgan fingerprint density at radius 2 is 2.00 bits per heavy atom. The molecule has 0 bridgehead atoms. The number of amides is 1. The van der Waals surface area contributed by atoms with Crippen LogP contribution >= 0.6 is 0 Å². The molecule has 3 nitrogen and oxygen atoms in total. The summed E-state index contributed by atoms with van der Waals surface area (Å²) in [7, 11) is 0. The molecule has 0 aliphatic carbocycles. The predicted molar refractivity (Wildman–Crippen MR) is 87.3 cm³/mol. The Kier molecular flexibility index (Phi) is 5.95. The van der Waals surface area contributed by atoms with Crippen LogP contribution in [0.25, 0.3) is 0 Å². The average Bonchev–Trinajstić information content (AvgIpc) is 2.52. The average molecular weight is 306 g/mol. The summed E-state index contributed by atoms with van der Waals surface area (Å²) in [5.74, 6) is 0.519. The Morgan fingerprint density at radius 3 is 2.68 bits per heavy atom. The molecule has 122 valence electrons. The van der Waals surface area contributed by atoms with Crippen LogP contribution in [0.5, 0.6) is 0 Å². The lowest BCUT2D eigenvalue weighted by molar-refractivity contribution is -0.121. The summed E-state index contributed by atoms with van der Waals surface area (Å²) < 4.78 is 13.9. The van der Waals surface area contributed by atoms with E-state index in [1.54, 1.807) is 12.1 Å². The maximum absolute atomic E-state index is 13.9. The molecule has 2 rings (SSSR count). The van der Waals surface area contributed by atoms with Crippen LogP contribution in [0.2, 0.25) is 0 Å². The first-order valence-electron chi connectivity index (χ1n) is 8.21. The van der Waals surface area contributed by atoms with Gasteiger partial charge in [0.2, 0.25) is 5.91 Å². The van der Waals surface area contributed by atoms with Gasteiger partial charge in [-0.05, 0) is 49.9 Å². The molecule has 2 N–H and O–H groups in total. The van der Waals surface area contributed by atoms with E-state index >= 15 is 0 Å². The summed E-state index contributed by atoms with van der Waals surface area (Å²) in [5.41, 5.74) is 0.240. The fraction of sp³-hybridized carbons (Fsp3) is 0.611. The van der Waals surface area contributed by atoms with Crippen LogP contribution in [-0.2, 0) is 10.2 Å². The molecule has 1 amide bonds. The van der Waals surface area contributed by atoms with Crippen molar-refractivity contribution in [1.29, 1.82) is 0 Å². The fourth-order valence-electron chi connectivity index (χ4n) is 3.02. The van der Waals surface area contributed by atoms with E-state index in [2.05, 4.69) is 10.6 Å². The van der Waals surface area contributed by atoms with Crippen molar-refractivity contribution in [2.45, 2.75) is 44.9 Å². The summed E-state index contributed by atoms with van der Waals surface area (Å²) in [5, 5.41) is 6.30. The van der Waals surface area contributed by atoms with Crippen molar-refractivity contribution in [2.24, 2.45) is 5.92 Å². The summed E-state index contributed by atoms with van der Waals surface area (Å²) in [6.07, 6.45) is 3.84. The van der Waals surface area contributed by atoms with E-state index in [1.165, 1.54) is 6.07 Å². The predicted octanol–water partition coefficient (Wildman–Crippen LogP) is 3.00. The minimum Gasteiger partial charge on any atom is -0.355 e. The molecule has 4 heteroatoms. The number of carbonyl (C=O) groups excluding carboxylic acids is 1. The van der Waals surface area contributed by atoms with Crippen LogP contribution in [0.1, 0.15) is 45.1 Å². The van der Waals surface area contributed by atoms with Crippen molar-refractivity contribution < 1.29 is 9.18 Å². The molecule has 1 heterocycles. The van der Waals surface area contributed by atoms with Gasteiger partial charge in [-0.2, -0.15) is 0 Å². The van der Waals surface area contributed by atoms with Gasteiger partial charge in [-0.1, -0.05) is 32.0 Å². The van der Waals surface area contributed by atoms with Crippen LogP contribution in [0.3, 0.4) is 0 Å². The van der Waals surface area contributed by atoms with Crippen molar-refractivity contribution in [3.05, 3.63) is 35.6 Å². The summed E-state index contributed by atoms with van der Waals surface area (Å²) in [4.78, 5) is 12.0. The number of hydrogen-bond acceptors (Lipinski definition) is 2. The third-order valence-corrected chi connectivity index (χ3v) is 4.57. The quantitative estimate of drug-likeness (QED) is 0.848. The summed E-state index contributed by atoms with van der Waals surface area (Å²) >= 11 is 0. The highest BCUT2D eigenvalue weighted by Crippen LogP contribution is 2.25. The normalized spacial score (nSPS) is 16.5. The highest BCUT2D eigenvalue weighted by atomic mass is 19.1. The lowest BCUT2D eigenvalue weighted by Gasteiger charge is -2.26. The lowest BCUT2D eigenvalue weighted by Crippen LogP contribution is -2.37. The standard InChI is InChI=1S/C18H27FN2O/c1-18(2,15-5-3-4-6-16(15)19)13-21-17(22)8-7-14-9-11-20-12-10-14/h3-6,14,20H,7-13H2,1-2H3,(H,21,22). The highest BCUT2D eigenvalue weighted by molar-refractivity contribution is 5.76. The maximum Gasteiger partial charge on any atom is 0.220 e. The Morgan fingerprint density at radius 1 is 1.32 bits per heavy atom. The molecule has 1 aromatic carbocycles. The number of rotatable bonds is 6. The van der Waals surface area contributed by atoms with Crippen LogP contribution < -0.4 is 10.6 Å². The van der Waals surface area contributed by atoms with Gasteiger partial charge in [0, 0.05) is 18.4 Å². The Bertz CT molecular complexity index is 496. The van der Waals surface area contributed by atoms with E-state index in [9.17, 15) is 9.18 Å². The van der Waals surface area contributed by atoms with E-state index in [1.807, 2.05) is 19.9 Å². The topological polar surface area (TPSA) is 41.1 Å². The van der Waals surface area contributed by atoms with Gasteiger partial charge in [0.25, 0.3) is 0 Å². The first-order chi connectivity index (χ1) is 10.5.